The molecule has 0 aromatic rings. The van der Waals surface area contributed by atoms with Gasteiger partial charge in [-0.2, -0.15) is 0 Å². The van der Waals surface area contributed by atoms with Crippen molar-refractivity contribution in [3.8, 4) is 0 Å². The maximum absolute atomic E-state index is 5.90. The first-order valence-corrected chi connectivity index (χ1v) is 7.59. The molecular weight excluding hydrogens is 252 g/mol. The fraction of sp³-hybridized carbons (Fsp3) is 1.00. The van der Waals surface area contributed by atoms with Crippen molar-refractivity contribution in [2.24, 2.45) is 0 Å². The van der Waals surface area contributed by atoms with Crippen LogP contribution < -0.4 is 0 Å². The number of hydrogen-bond donors (Lipinski definition) is 0. The van der Waals surface area contributed by atoms with E-state index in [0.717, 1.165) is 45.7 Å². The second-order valence-electron chi connectivity index (χ2n) is 4.87. The van der Waals surface area contributed by atoms with Gasteiger partial charge in [0.25, 0.3) is 0 Å². The average Bonchev–Trinajstić information content (AvgIpc) is 3.28. The second kappa shape index (κ2) is 6.98. The molecule has 2 rings (SSSR count). The van der Waals surface area contributed by atoms with Gasteiger partial charge in [-0.05, 0) is 12.8 Å². The average molecular weight is 276 g/mol. The van der Waals surface area contributed by atoms with E-state index in [9.17, 15) is 0 Å². The number of rotatable bonds is 11. The largest absolute Gasteiger partial charge is 0.401 e. The van der Waals surface area contributed by atoms with E-state index >= 15 is 0 Å². The summed E-state index contributed by atoms with van der Waals surface area (Å²) >= 11 is 0. The molecule has 0 bridgehead atoms. The minimum Gasteiger partial charge on any atom is -0.401 e. The highest BCUT2D eigenvalue weighted by Crippen LogP contribution is 2.25. The molecule has 0 aromatic carbocycles. The van der Waals surface area contributed by atoms with Crippen LogP contribution in [0.2, 0.25) is 0 Å². The summed E-state index contributed by atoms with van der Waals surface area (Å²) in [6, 6.07) is 0. The van der Waals surface area contributed by atoms with Crippen LogP contribution in [0.15, 0.2) is 0 Å². The molecule has 0 spiro atoms. The SMILES string of the molecule is CCC(CCCOCC1CO1)(O[SiH3])OCC1CO1. The monoisotopic (exact) mass is 276 g/mol. The van der Waals surface area contributed by atoms with Gasteiger partial charge >= 0.3 is 0 Å². The molecule has 0 N–H and O–H groups in total. The highest BCUT2D eigenvalue weighted by atomic mass is 28.2. The van der Waals surface area contributed by atoms with E-state index in [1.807, 2.05) is 0 Å². The first kappa shape index (κ1) is 14.4. The Hall–Kier alpha value is 0.0169. The van der Waals surface area contributed by atoms with E-state index in [4.69, 9.17) is 23.4 Å². The molecule has 2 saturated heterocycles. The molecule has 2 aliphatic rings. The third-order valence-corrected chi connectivity index (χ3v) is 4.14. The fourth-order valence-corrected chi connectivity index (χ4v) is 2.50. The summed E-state index contributed by atoms with van der Waals surface area (Å²) in [5.74, 6) is -0.419. The van der Waals surface area contributed by atoms with Gasteiger partial charge in [-0.1, -0.05) is 6.92 Å². The molecule has 0 aliphatic carbocycles. The van der Waals surface area contributed by atoms with Crippen LogP contribution in [-0.2, 0) is 23.4 Å². The Bertz CT molecular complexity index is 239. The number of epoxide rings is 2. The highest BCUT2D eigenvalue weighted by molar-refractivity contribution is 5.98. The van der Waals surface area contributed by atoms with Gasteiger partial charge in [-0.15, -0.1) is 0 Å². The highest BCUT2D eigenvalue weighted by Gasteiger charge is 2.32. The quantitative estimate of drug-likeness (QED) is 0.230. The Morgan fingerprint density at radius 1 is 1.22 bits per heavy atom. The third-order valence-electron chi connectivity index (χ3n) is 3.40. The third kappa shape index (κ3) is 4.95. The normalized spacial score (nSPS) is 29.2. The molecule has 6 heteroatoms. The molecule has 2 fully saturated rings. The molecule has 0 aromatic heterocycles. The van der Waals surface area contributed by atoms with Crippen molar-refractivity contribution >= 4 is 10.5 Å². The molecule has 2 heterocycles. The molecule has 106 valence electrons. The van der Waals surface area contributed by atoms with E-state index in [2.05, 4.69) is 6.92 Å². The molecule has 0 saturated carbocycles. The van der Waals surface area contributed by atoms with Gasteiger partial charge in [-0.25, -0.2) is 0 Å². The Kier molecular flexibility index (Phi) is 5.59. The lowest BCUT2D eigenvalue weighted by atomic mass is 10.1. The Morgan fingerprint density at radius 3 is 2.44 bits per heavy atom. The Morgan fingerprint density at radius 2 is 1.89 bits per heavy atom. The van der Waals surface area contributed by atoms with Gasteiger partial charge in [0.1, 0.15) is 22.7 Å². The van der Waals surface area contributed by atoms with Gasteiger partial charge in [0, 0.05) is 13.0 Å². The van der Waals surface area contributed by atoms with Crippen molar-refractivity contribution in [1.82, 2.24) is 0 Å². The van der Waals surface area contributed by atoms with Crippen molar-refractivity contribution in [2.75, 3.05) is 33.0 Å². The lowest BCUT2D eigenvalue weighted by Gasteiger charge is -2.32. The van der Waals surface area contributed by atoms with E-state index in [-0.39, 0.29) is 6.10 Å². The van der Waals surface area contributed by atoms with Crippen molar-refractivity contribution in [2.45, 2.75) is 44.2 Å². The van der Waals surface area contributed by atoms with Crippen LogP contribution in [0.5, 0.6) is 0 Å². The number of ether oxygens (including phenoxy) is 4. The molecule has 3 unspecified atom stereocenters. The summed E-state index contributed by atoms with van der Waals surface area (Å²) < 4.78 is 27.4. The standard InChI is InChI=1S/C12H24O5Si/c1-2-12(17-18,16-9-11-8-15-11)4-3-5-13-6-10-7-14-10/h10-11H,2-9H2,1,18H3. The molecule has 0 amide bonds. The van der Waals surface area contributed by atoms with Crippen LogP contribution in [0, 0.1) is 0 Å². The number of hydrogen-bond acceptors (Lipinski definition) is 5. The maximum atomic E-state index is 5.90. The zero-order valence-corrected chi connectivity index (χ0v) is 13.4. The predicted octanol–water partition coefficient (Wildman–Crippen LogP) is 0.000700. The summed E-state index contributed by atoms with van der Waals surface area (Å²) in [4.78, 5) is 0. The van der Waals surface area contributed by atoms with E-state index < -0.39 is 5.79 Å². The summed E-state index contributed by atoms with van der Waals surface area (Å²) in [6.45, 7) is 5.89. The molecule has 2 aliphatic heterocycles. The first-order chi connectivity index (χ1) is 8.78. The van der Waals surface area contributed by atoms with Crippen LogP contribution in [0.1, 0.15) is 26.2 Å². The van der Waals surface area contributed by atoms with Gasteiger partial charge in [0.05, 0.1) is 26.4 Å². The van der Waals surface area contributed by atoms with E-state index in [1.165, 1.54) is 0 Å². The maximum Gasteiger partial charge on any atom is 0.157 e. The minimum absolute atomic E-state index is 0.288. The lowest BCUT2D eigenvalue weighted by molar-refractivity contribution is -0.192. The summed E-state index contributed by atoms with van der Waals surface area (Å²) in [5.41, 5.74) is 0. The predicted molar refractivity (Wildman–Crippen MR) is 69.5 cm³/mol. The second-order valence-corrected chi connectivity index (χ2v) is 5.28. The minimum atomic E-state index is -0.419. The zero-order valence-electron chi connectivity index (χ0n) is 11.4. The van der Waals surface area contributed by atoms with Crippen LogP contribution >= 0.6 is 0 Å². The summed E-state index contributed by atoms with van der Waals surface area (Å²) in [7, 11) is 0.686. The van der Waals surface area contributed by atoms with Crippen LogP contribution in [-0.4, -0.2) is 61.5 Å². The first-order valence-electron chi connectivity index (χ1n) is 6.78. The topological polar surface area (TPSA) is 52.8 Å². The lowest BCUT2D eigenvalue weighted by Crippen LogP contribution is -2.36. The molecular formula is C12H24O5Si. The van der Waals surface area contributed by atoms with E-state index in [1.54, 1.807) is 0 Å². The van der Waals surface area contributed by atoms with Crippen LogP contribution in [0.4, 0.5) is 0 Å². The van der Waals surface area contributed by atoms with Crippen molar-refractivity contribution in [3.63, 3.8) is 0 Å². The summed E-state index contributed by atoms with van der Waals surface area (Å²) in [6.07, 6.45) is 3.34. The van der Waals surface area contributed by atoms with Gasteiger partial charge in [0.2, 0.25) is 0 Å². The van der Waals surface area contributed by atoms with Crippen molar-refractivity contribution in [3.05, 3.63) is 0 Å². The summed E-state index contributed by atoms with van der Waals surface area (Å²) in [5, 5.41) is 0. The molecule has 18 heavy (non-hydrogen) atoms. The fourth-order valence-electron chi connectivity index (χ4n) is 1.89. The van der Waals surface area contributed by atoms with Crippen LogP contribution in [0.3, 0.4) is 0 Å². The van der Waals surface area contributed by atoms with Gasteiger partial charge in [-0.3, -0.25) is 0 Å². The molecule has 3 atom stereocenters. The smallest absolute Gasteiger partial charge is 0.157 e. The molecule has 0 radical (unpaired) electrons. The van der Waals surface area contributed by atoms with E-state index in [0.29, 0.717) is 23.2 Å². The van der Waals surface area contributed by atoms with Crippen molar-refractivity contribution in [1.29, 1.82) is 0 Å². The van der Waals surface area contributed by atoms with Gasteiger partial charge < -0.3 is 23.4 Å². The molecule has 5 nitrogen and oxygen atoms in total. The zero-order chi connectivity index (χ0) is 12.8. The Balaban J connectivity index is 1.59. The van der Waals surface area contributed by atoms with Crippen LogP contribution in [0.25, 0.3) is 0 Å². The van der Waals surface area contributed by atoms with Crippen molar-refractivity contribution < 1.29 is 23.4 Å². The van der Waals surface area contributed by atoms with Gasteiger partial charge in [0.15, 0.2) is 5.79 Å². The Labute approximate surface area is 112 Å².